The Bertz CT molecular complexity index is 499. The third-order valence-electron chi connectivity index (χ3n) is 4.08. The third-order valence-corrected chi connectivity index (χ3v) is 7.96. The van der Waals surface area contributed by atoms with Gasteiger partial charge < -0.3 is 6.53 Å². The van der Waals surface area contributed by atoms with Crippen molar-refractivity contribution >= 4 is 7.92 Å². The van der Waals surface area contributed by atoms with Crippen LogP contribution in [0.2, 0.25) is 0 Å². The van der Waals surface area contributed by atoms with E-state index in [1.165, 1.54) is 11.4 Å². The van der Waals surface area contributed by atoms with Crippen molar-refractivity contribution in [2.24, 2.45) is 0 Å². The van der Waals surface area contributed by atoms with Gasteiger partial charge in [-0.2, -0.15) is 7.11 Å². The third kappa shape index (κ3) is 12.8. The maximum Gasteiger partial charge on any atom is 2.00 e. The van der Waals surface area contributed by atoms with Gasteiger partial charge in [-0.25, -0.2) is 0 Å². The second-order valence-corrected chi connectivity index (χ2v) is 11.9. The quantitative estimate of drug-likeness (QED) is 0.258. The number of rotatable bonds is 6. The molecule has 1 aromatic rings. The Hall–Kier alpha value is -0.137. The van der Waals surface area contributed by atoms with Gasteiger partial charge in [0.1, 0.15) is 0 Å². The van der Waals surface area contributed by atoms with E-state index < -0.39 is 0 Å². The van der Waals surface area contributed by atoms with Gasteiger partial charge in [-0.15, -0.1) is 0 Å². The summed E-state index contributed by atoms with van der Waals surface area (Å²) in [7, 11) is 0.615. The Morgan fingerprint density at radius 3 is 1.78 bits per heavy atom. The number of aromatic nitrogens is 1. The molecule has 158 valence electrons. The van der Waals surface area contributed by atoms with Crippen molar-refractivity contribution in [2.75, 3.05) is 20.2 Å². The summed E-state index contributed by atoms with van der Waals surface area (Å²) >= 11 is 0. The van der Waals surface area contributed by atoms with E-state index in [9.17, 15) is 0 Å². The molecule has 0 aromatic carbocycles. The zero-order valence-electron chi connectivity index (χ0n) is 19.6. The largest absolute Gasteiger partial charge is 2.00 e. The molecule has 0 fully saturated rings. The van der Waals surface area contributed by atoms with Gasteiger partial charge in [-0.1, -0.05) is 69.4 Å². The van der Waals surface area contributed by atoms with Crippen molar-refractivity contribution in [2.45, 2.75) is 78.4 Å². The number of pyridine rings is 1. The molecule has 0 aliphatic carbocycles. The van der Waals surface area contributed by atoms with Crippen LogP contribution in [-0.2, 0) is 36.8 Å². The molecule has 4 nitrogen and oxygen atoms in total. The summed E-state index contributed by atoms with van der Waals surface area (Å²) in [4.78, 5) is 7.37. The van der Waals surface area contributed by atoms with Crippen molar-refractivity contribution < 1.29 is 30.7 Å². The van der Waals surface area contributed by atoms with Crippen molar-refractivity contribution in [1.82, 2.24) is 9.88 Å². The summed E-state index contributed by atoms with van der Waals surface area (Å²) < 4.78 is 7.50. The van der Waals surface area contributed by atoms with Crippen LogP contribution < -0.4 is 5.11 Å². The van der Waals surface area contributed by atoms with Crippen molar-refractivity contribution in [3.63, 3.8) is 0 Å². The van der Waals surface area contributed by atoms with E-state index in [-0.39, 0.29) is 28.8 Å². The van der Waals surface area contributed by atoms with Crippen molar-refractivity contribution in [3.8, 4) is 0 Å². The van der Waals surface area contributed by atoms with E-state index in [4.69, 9.17) is 14.7 Å². The van der Waals surface area contributed by atoms with Crippen LogP contribution in [0, 0.1) is 6.65 Å². The van der Waals surface area contributed by atoms with Gasteiger partial charge in [0, 0.05) is 18.4 Å². The SMILES string of the molecule is CCN(CC)Cc1cccc(CP(C(C)(C)C)C(C)(C)C)n1.C[O-].[C-]#[O+].[H-].[Ru+2]. The van der Waals surface area contributed by atoms with E-state index in [0.717, 1.165) is 32.9 Å². The molecule has 1 heterocycles. The van der Waals surface area contributed by atoms with Crippen LogP contribution in [0.25, 0.3) is 0 Å². The second kappa shape index (κ2) is 15.7. The number of hydrogen-bond donors (Lipinski definition) is 0. The van der Waals surface area contributed by atoms with Gasteiger partial charge in [0.2, 0.25) is 0 Å². The Morgan fingerprint density at radius 1 is 1.00 bits per heavy atom. The standard InChI is InChI=1S/C19H35N2P.CH3O.CO.Ru.H/c1-9-21(10-2)14-16-12-11-13-17(20-16)15-22(18(3,4)5)19(6,7)8;2*1-2;;/h11-13H,9-10,14-15H2,1-8H3;1H3;;;/q;-1;;+2;-1. The fourth-order valence-electron chi connectivity index (χ4n) is 3.02. The molecule has 0 spiro atoms. The fraction of sp³-hybridized carbons (Fsp3) is 0.714. The molecule has 6 heteroatoms. The minimum atomic E-state index is -0.135. The fourth-order valence-corrected chi connectivity index (χ4v) is 6.49. The van der Waals surface area contributed by atoms with Crippen LogP contribution in [0.15, 0.2) is 18.2 Å². The maximum atomic E-state index is 8.25. The Labute approximate surface area is 183 Å². The zero-order chi connectivity index (χ0) is 21.0. The van der Waals surface area contributed by atoms with Crippen LogP contribution in [0.4, 0.5) is 0 Å². The van der Waals surface area contributed by atoms with Gasteiger partial charge in [-0.05, 0) is 35.5 Å². The Balaban J connectivity index is -0.000000449. The molecule has 0 radical (unpaired) electrons. The topological polar surface area (TPSA) is 59.1 Å². The molecule has 0 bridgehead atoms. The molecule has 0 aliphatic rings. The summed E-state index contributed by atoms with van der Waals surface area (Å²) in [5.74, 6) is 0. The van der Waals surface area contributed by atoms with Gasteiger partial charge in [0.25, 0.3) is 0 Å². The van der Waals surface area contributed by atoms with E-state index >= 15 is 0 Å². The Morgan fingerprint density at radius 2 is 1.41 bits per heavy atom. The van der Waals surface area contributed by atoms with E-state index in [0.29, 0.717) is 10.3 Å². The van der Waals surface area contributed by atoms with Crippen LogP contribution in [0.5, 0.6) is 0 Å². The van der Waals surface area contributed by atoms with Crippen LogP contribution in [0.3, 0.4) is 0 Å². The van der Waals surface area contributed by atoms with Crippen LogP contribution >= 0.6 is 7.92 Å². The number of hydrogen-bond acceptors (Lipinski definition) is 3. The van der Waals surface area contributed by atoms with Crippen molar-refractivity contribution in [1.29, 1.82) is 0 Å². The summed E-state index contributed by atoms with van der Waals surface area (Å²) in [6, 6.07) is 6.55. The molecule has 0 saturated heterocycles. The molecule has 27 heavy (non-hydrogen) atoms. The molecule has 1 aromatic heterocycles. The van der Waals surface area contributed by atoms with Gasteiger partial charge in [0.05, 0.1) is 5.69 Å². The molecule has 0 aliphatic heterocycles. The maximum absolute atomic E-state index is 8.25. The minimum Gasteiger partial charge on any atom is -1.00 e. The average molecular weight is 484 g/mol. The van der Waals surface area contributed by atoms with Gasteiger partial charge >= 0.3 is 30.8 Å². The minimum absolute atomic E-state index is 0. The molecule has 0 N–H and O–H groups in total. The molecule has 0 unspecified atom stereocenters. The van der Waals surface area contributed by atoms with E-state index in [2.05, 4.69) is 85.1 Å². The van der Waals surface area contributed by atoms with Crippen LogP contribution in [0.1, 0.15) is 68.2 Å². The first kappa shape index (κ1) is 31.6. The summed E-state index contributed by atoms with van der Waals surface area (Å²) in [5, 5.41) is 8.95. The second-order valence-electron chi connectivity index (χ2n) is 8.01. The summed E-state index contributed by atoms with van der Waals surface area (Å²) in [6.45, 7) is 26.3. The molecular weight excluding hydrogens is 444 g/mol. The predicted molar refractivity (Wildman–Crippen MR) is 112 cm³/mol. The molecule has 0 saturated carbocycles. The van der Waals surface area contributed by atoms with E-state index in [1.807, 2.05) is 0 Å². The first-order chi connectivity index (χ1) is 12.1. The summed E-state index contributed by atoms with van der Waals surface area (Å²) in [6.07, 6.45) is 1.12. The first-order valence-corrected chi connectivity index (χ1v) is 10.7. The molecule has 1 rings (SSSR count). The predicted octanol–water partition coefficient (Wildman–Crippen LogP) is 4.55. The van der Waals surface area contributed by atoms with Gasteiger partial charge in [-0.3, -0.25) is 9.88 Å². The zero-order valence-corrected chi connectivity index (χ0v) is 21.2. The monoisotopic (exact) mass is 484 g/mol. The normalized spacial score (nSPS) is 11.0. The van der Waals surface area contributed by atoms with E-state index in [1.54, 1.807) is 0 Å². The average Bonchev–Trinajstić information content (AvgIpc) is 2.59. The summed E-state index contributed by atoms with van der Waals surface area (Å²) in [5.41, 5.74) is 2.47. The van der Waals surface area contributed by atoms with Gasteiger partial charge in [0.15, 0.2) is 0 Å². The Kier molecular flexibility index (Phi) is 18.4. The molecule has 0 atom stereocenters. The molecule has 0 amide bonds. The number of nitrogens with zero attached hydrogens (tertiary/aromatic N) is 2. The van der Waals surface area contributed by atoms with Crippen molar-refractivity contribution in [3.05, 3.63) is 36.2 Å². The molecular formula is C21H39N2O2PRu. The smallest absolute Gasteiger partial charge is 1.00 e. The first-order valence-electron chi connectivity index (χ1n) is 9.14. The van der Waals surface area contributed by atoms with Crippen LogP contribution in [-0.4, -0.2) is 40.4 Å².